The van der Waals surface area contributed by atoms with E-state index in [0.717, 1.165) is 0 Å². The fourth-order valence-electron chi connectivity index (χ4n) is 0.662. The fraction of sp³-hybridized carbons (Fsp3) is 0.833. The van der Waals surface area contributed by atoms with Gasteiger partial charge in [0.2, 0.25) is 0 Å². The first-order valence-electron chi connectivity index (χ1n) is 3.45. The Kier molecular flexibility index (Phi) is 9.00. The normalized spacial score (nSPS) is 18.9. The molecule has 7 nitrogen and oxygen atoms in total. The molecule has 0 rings (SSSR count). The summed E-state index contributed by atoms with van der Waals surface area (Å²) in [5, 5.41) is 53.4. The van der Waals surface area contributed by atoms with Crippen molar-refractivity contribution in [2.75, 3.05) is 6.61 Å². The second-order valence-corrected chi connectivity index (χ2v) is 2.49. The predicted octanol–water partition coefficient (Wildman–Crippen LogP) is -7.82. The van der Waals surface area contributed by atoms with E-state index in [0.29, 0.717) is 0 Å². The molecule has 0 saturated heterocycles. The minimum absolute atomic E-state index is 0. The number of hydrogen-bond acceptors (Lipinski definition) is 7. The minimum atomic E-state index is -2.31. The van der Waals surface area contributed by atoms with Crippen molar-refractivity contribution in [1.29, 1.82) is 0 Å². The summed E-state index contributed by atoms with van der Waals surface area (Å²) in [5.74, 6) is -1.98. The number of carboxylic acid groups (broad SMARTS) is 1. The Morgan fingerprint density at radius 3 is 1.86 bits per heavy atom. The van der Waals surface area contributed by atoms with E-state index in [2.05, 4.69) is 0 Å². The van der Waals surface area contributed by atoms with Gasteiger partial charge in [0.15, 0.2) is 0 Å². The number of carbonyl (C=O) groups is 1. The van der Waals surface area contributed by atoms with Gasteiger partial charge in [0.1, 0.15) is 24.4 Å². The van der Waals surface area contributed by atoms with Gasteiger partial charge in [-0.05, 0) is 0 Å². The molecule has 0 fully saturated rings. The third kappa shape index (κ3) is 4.67. The van der Waals surface area contributed by atoms with E-state index >= 15 is 0 Å². The van der Waals surface area contributed by atoms with E-state index < -0.39 is 37.0 Å². The Morgan fingerprint density at radius 2 is 1.57 bits per heavy atom. The van der Waals surface area contributed by atoms with Gasteiger partial charge in [0.05, 0.1) is 12.6 Å². The summed E-state index contributed by atoms with van der Waals surface area (Å²) in [6, 6.07) is 0. The Hall–Kier alpha value is 0.270. The van der Waals surface area contributed by atoms with Crippen LogP contribution in [0.4, 0.5) is 0 Å². The fourth-order valence-corrected chi connectivity index (χ4v) is 0.662. The third-order valence-corrected chi connectivity index (χ3v) is 1.50. The molecule has 5 N–H and O–H groups in total. The average Bonchev–Trinajstić information content (AvgIpc) is 2.12. The zero-order chi connectivity index (χ0) is 10.6. The number of carboxylic acids is 1. The predicted molar refractivity (Wildman–Crippen MR) is 36.1 cm³/mol. The molecule has 0 aliphatic carbocycles. The summed E-state index contributed by atoms with van der Waals surface area (Å²) in [5.41, 5.74) is 0. The van der Waals surface area contributed by atoms with Crippen LogP contribution < -0.4 is 34.7 Å². The smallest absolute Gasteiger partial charge is 0.547 e. The van der Waals surface area contributed by atoms with Crippen LogP contribution in [0.1, 0.15) is 0 Å². The van der Waals surface area contributed by atoms with Crippen LogP contribution in [-0.2, 0) is 4.79 Å². The van der Waals surface area contributed by atoms with Crippen molar-refractivity contribution in [3.63, 3.8) is 0 Å². The minimum Gasteiger partial charge on any atom is -0.547 e. The summed E-state index contributed by atoms with van der Waals surface area (Å²) in [6.45, 7) is -0.863. The number of carbonyl (C=O) groups excluding carboxylic acids is 1. The molecule has 0 unspecified atom stereocenters. The molecule has 0 amide bonds. The van der Waals surface area contributed by atoms with Gasteiger partial charge in [-0.15, -0.1) is 0 Å². The summed E-state index contributed by atoms with van der Waals surface area (Å²) < 4.78 is 0. The quantitative estimate of drug-likeness (QED) is 0.288. The summed E-state index contributed by atoms with van der Waals surface area (Å²) in [4.78, 5) is 9.98. The Balaban J connectivity index is 0. The van der Waals surface area contributed by atoms with Crippen molar-refractivity contribution in [2.45, 2.75) is 24.4 Å². The van der Waals surface area contributed by atoms with Gasteiger partial charge in [-0.3, -0.25) is 0 Å². The molecule has 0 aromatic heterocycles. The van der Waals surface area contributed by atoms with Crippen molar-refractivity contribution in [1.82, 2.24) is 0 Å². The Morgan fingerprint density at radius 1 is 1.14 bits per heavy atom. The number of rotatable bonds is 5. The van der Waals surface area contributed by atoms with Crippen LogP contribution in [0.2, 0.25) is 0 Å². The molecule has 4 atom stereocenters. The molecule has 0 heterocycles. The van der Waals surface area contributed by atoms with Crippen molar-refractivity contribution in [3.05, 3.63) is 0 Å². The molecule has 0 aromatic carbocycles. The van der Waals surface area contributed by atoms with E-state index in [1.54, 1.807) is 0 Å². The van der Waals surface area contributed by atoms with Gasteiger partial charge in [0.25, 0.3) is 0 Å². The topological polar surface area (TPSA) is 141 Å². The average molecular weight is 218 g/mol. The Bertz CT molecular complexity index is 176. The first kappa shape index (κ1) is 16.7. The van der Waals surface area contributed by atoms with Crippen molar-refractivity contribution in [2.24, 2.45) is 0 Å². The number of hydrogen-bond donors (Lipinski definition) is 5. The second-order valence-electron chi connectivity index (χ2n) is 2.49. The van der Waals surface area contributed by atoms with Gasteiger partial charge >= 0.3 is 29.6 Å². The largest absolute Gasteiger partial charge is 1.00 e. The van der Waals surface area contributed by atoms with Crippen molar-refractivity contribution < 1.29 is 65.0 Å². The molecule has 0 radical (unpaired) electrons. The number of aliphatic hydroxyl groups is 5. The SMILES string of the molecule is O=C([O-])[C@@H](O)[C@H](O)[C@@H](O)[C@H](O)CO.[Na+]. The number of aliphatic hydroxyl groups excluding tert-OH is 5. The first-order valence-corrected chi connectivity index (χ1v) is 3.45. The van der Waals surface area contributed by atoms with Crippen LogP contribution in [0.25, 0.3) is 0 Å². The molecule has 0 aromatic rings. The van der Waals surface area contributed by atoms with Crippen LogP contribution >= 0.6 is 0 Å². The first-order chi connectivity index (χ1) is 5.91. The molecule has 8 heteroatoms. The van der Waals surface area contributed by atoms with E-state index in [9.17, 15) is 9.90 Å². The van der Waals surface area contributed by atoms with Crippen molar-refractivity contribution in [3.8, 4) is 0 Å². The van der Waals surface area contributed by atoms with E-state index in [1.807, 2.05) is 0 Å². The molecule has 0 spiro atoms. The molecule has 0 bridgehead atoms. The molecule has 14 heavy (non-hydrogen) atoms. The molecular weight excluding hydrogens is 207 g/mol. The second kappa shape index (κ2) is 7.55. The molecule has 0 aliphatic heterocycles. The zero-order valence-electron chi connectivity index (χ0n) is 7.57. The number of aliphatic carboxylic acids is 1. The maximum absolute atomic E-state index is 9.98. The van der Waals surface area contributed by atoms with Gasteiger partial charge in [-0.25, -0.2) is 0 Å². The van der Waals surface area contributed by atoms with E-state index in [-0.39, 0.29) is 29.6 Å². The zero-order valence-corrected chi connectivity index (χ0v) is 9.57. The Labute approximate surface area is 102 Å². The molecular formula is C6H11NaO7. The van der Waals surface area contributed by atoms with Crippen molar-refractivity contribution >= 4 is 5.97 Å². The maximum Gasteiger partial charge on any atom is 1.00 e. The van der Waals surface area contributed by atoms with Gasteiger partial charge < -0.3 is 35.4 Å². The van der Waals surface area contributed by atoms with Crippen LogP contribution in [0.15, 0.2) is 0 Å². The van der Waals surface area contributed by atoms with E-state index in [4.69, 9.17) is 25.5 Å². The molecule has 0 saturated carbocycles. The van der Waals surface area contributed by atoms with Crippen LogP contribution in [-0.4, -0.2) is 62.5 Å². The monoisotopic (exact) mass is 218 g/mol. The molecule has 0 aliphatic rings. The standard InChI is InChI=1S/C6H12O7.Na/c7-1-2(8)3(9)4(10)5(11)6(12)13;/h2-5,7-11H,1H2,(H,12,13);/q;+1/p-1/t2-,3+,4-,5+;/m1./s1. The summed E-state index contributed by atoms with van der Waals surface area (Å²) in [6.07, 6.45) is -8.08. The molecule has 78 valence electrons. The van der Waals surface area contributed by atoms with E-state index in [1.165, 1.54) is 0 Å². The summed E-state index contributed by atoms with van der Waals surface area (Å²) in [7, 11) is 0. The maximum atomic E-state index is 9.98. The summed E-state index contributed by atoms with van der Waals surface area (Å²) >= 11 is 0. The van der Waals surface area contributed by atoms with Crippen LogP contribution in [0.5, 0.6) is 0 Å². The van der Waals surface area contributed by atoms with Gasteiger partial charge in [-0.2, -0.15) is 0 Å². The van der Waals surface area contributed by atoms with Gasteiger partial charge in [-0.1, -0.05) is 0 Å². The van der Waals surface area contributed by atoms with Gasteiger partial charge in [0, 0.05) is 0 Å². The van der Waals surface area contributed by atoms with Crippen LogP contribution in [0.3, 0.4) is 0 Å². The third-order valence-electron chi connectivity index (χ3n) is 1.50. The van der Waals surface area contributed by atoms with Crippen LogP contribution in [0, 0.1) is 0 Å².